The van der Waals surface area contributed by atoms with Crippen molar-refractivity contribution >= 4 is 18.3 Å². The van der Waals surface area contributed by atoms with Crippen molar-refractivity contribution < 1.29 is 4.79 Å². The van der Waals surface area contributed by atoms with Crippen LogP contribution in [0.3, 0.4) is 0 Å². The van der Waals surface area contributed by atoms with Crippen LogP contribution in [0.4, 0.5) is 0 Å². The molecule has 4 heteroatoms. The number of nitrogens with two attached hydrogens (primary N) is 1. The molecule has 0 spiro atoms. The molecule has 1 aromatic carbocycles. The van der Waals surface area contributed by atoms with Crippen molar-refractivity contribution in [1.29, 1.82) is 0 Å². The highest BCUT2D eigenvalue weighted by Crippen LogP contribution is 2.09. The summed E-state index contributed by atoms with van der Waals surface area (Å²) in [6.07, 6.45) is 0. The highest BCUT2D eigenvalue weighted by atomic mass is 35.5. The van der Waals surface area contributed by atoms with Crippen LogP contribution in [-0.2, 0) is 0 Å². The number of carbonyl (C=O) groups excluding carboxylic acids is 1. The van der Waals surface area contributed by atoms with Crippen LogP contribution >= 0.6 is 12.4 Å². The molecule has 1 rings (SSSR count). The molecule has 0 atom stereocenters. The Morgan fingerprint density at radius 3 is 2.54 bits per heavy atom. The molecule has 0 aliphatic carbocycles. The first-order chi connectivity index (χ1) is 5.65. The van der Waals surface area contributed by atoms with E-state index in [2.05, 4.69) is 5.43 Å². The number of amides is 1. The Balaban J connectivity index is 0.00000144. The third-order valence-electron chi connectivity index (χ3n) is 1.77. The van der Waals surface area contributed by atoms with Crippen LogP contribution in [0.5, 0.6) is 0 Å². The molecule has 0 radical (unpaired) electrons. The van der Waals surface area contributed by atoms with Crippen molar-refractivity contribution in [3.63, 3.8) is 0 Å². The first kappa shape index (κ1) is 11.9. The third-order valence-corrected chi connectivity index (χ3v) is 1.77. The van der Waals surface area contributed by atoms with Crippen LogP contribution in [0.1, 0.15) is 21.5 Å². The van der Waals surface area contributed by atoms with Gasteiger partial charge in [-0.3, -0.25) is 10.2 Å². The Hall–Kier alpha value is -1.06. The van der Waals surface area contributed by atoms with E-state index in [-0.39, 0.29) is 18.3 Å². The monoisotopic (exact) mass is 200 g/mol. The second kappa shape index (κ2) is 4.84. The summed E-state index contributed by atoms with van der Waals surface area (Å²) in [5.74, 6) is 4.78. The minimum atomic E-state index is -0.240. The van der Waals surface area contributed by atoms with Crippen molar-refractivity contribution in [2.45, 2.75) is 13.8 Å². The molecule has 0 aliphatic heterocycles. The smallest absolute Gasteiger partial charge is 0.265 e. The van der Waals surface area contributed by atoms with Gasteiger partial charge in [0.1, 0.15) is 0 Å². The number of benzene rings is 1. The molecule has 1 amide bonds. The summed E-state index contributed by atoms with van der Waals surface area (Å²) in [6, 6.07) is 5.68. The number of aryl methyl sites for hydroxylation is 2. The first-order valence-electron chi connectivity index (χ1n) is 3.73. The predicted octanol–water partition coefficient (Wildman–Crippen LogP) is 1.33. The quantitative estimate of drug-likeness (QED) is 0.408. The molecule has 3 N–H and O–H groups in total. The van der Waals surface area contributed by atoms with Crippen molar-refractivity contribution in [2.75, 3.05) is 0 Å². The molecule has 0 unspecified atom stereocenters. The average molecular weight is 201 g/mol. The van der Waals surface area contributed by atoms with Gasteiger partial charge in [0.05, 0.1) is 0 Å². The highest BCUT2D eigenvalue weighted by molar-refractivity contribution is 5.95. The number of hydrazine groups is 1. The van der Waals surface area contributed by atoms with Crippen LogP contribution in [-0.4, -0.2) is 5.91 Å². The van der Waals surface area contributed by atoms with Crippen molar-refractivity contribution in [1.82, 2.24) is 5.43 Å². The van der Waals surface area contributed by atoms with E-state index in [0.717, 1.165) is 11.1 Å². The van der Waals surface area contributed by atoms with E-state index in [0.29, 0.717) is 5.56 Å². The van der Waals surface area contributed by atoms with E-state index in [1.54, 1.807) is 0 Å². The van der Waals surface area contributed by atoms with Crippen molar-refractivity contribution in [2.24, 2.45) is 5.84 Å². The van der Waals surface area contributed by atoms with Crippen LogP contribution in [0.2, 0.25) is 0 Å². The van der Waals surface area contributed by atoms with Crippen LogP contribution in [0.25, 0.3) is 0 Å². The van der Waals surface area contributed by atoms with Crippen LogP contribution in [0.15, 0.2) is 18.2 Å². The largest absolute Gasteiger partial charge is 0.290 e. The standard InChI is InChI=1S/C9H12N2O.ClH/c1-6-3-4-7(2)8(5-6)9(12)11-10;/h3-5H,10H2,1-2H3,(H,11,12);1H. The summed E-state index contributed by atoms with van der Waals surface area (Å²) in [5, 5.41) is 0. The summed E-state index contributed by atoms with van der Waals surface area (Å²) in [4.78, 5) is 11.2. The van der Waals surface area contributed by atoms with E-state index < -0.39 is 0 Å². The summed E-state index contributed by atoms with van der Waals surface area (Å²) in [6.45, 7) is 3.82. The number of hydrogen-bond acceptors (Lipinski definition) is 2. The molecule has 3 nitrogen and oxygen atoms in total. The normalized spacial score (nSPS) is 8.85. The van der Waals surface area contributed by atoms with Crippen molar-refractivity contribution in [3.8, 4) is 0 Å². The van der Waals surface area contributed by atoms with Gasteiger partial charge in [-0.2, -0.15) is 0 Å². The summed E-state index contributed by atoms with van der Waals surface area (Å²) in [5.41, 5.74) is 4.74. The minimum absolute atomic E-state index is 0. The van der Waals surface area contributed by atoms with Gasteiger partial charge in [-0.1, -0.05) is 17.7 Å². The first-order valence-corrected chi connectivity index (χ1v) is 3.73. The maximum Gasteiger partial charge on any atom is 0.265 e. The van der Waals surface area contributed by atoms with E-state index >= 15 is 0 Å². The molecule has 0 saturated heterocycles. The average Bonchev–Trinajstić information content (AvgIpc) is 2.08. The number of halogens is 1. The molecular weight excluding hydrogens is 188 g/mol. The minimum Gasteiger partial charge on any atom is -0.290 e. The molecule has 13 heavy (non-hydrogen) atoms. The fourth-order valence-corrected chi connectivity index (χ4v) is 1.06. The zero-order valence-corrected chi connectivity index (χ0v) is 8.44. The SMILES string of the molecule is Cc1ccc(C)c(C(=O)NN)c1.Cl. The predicted molar refractivity (Wildman–Crippen MR) is 54.8 cm³/mol. The fourth-order valence-electron chi connectivity index (χ4n) is 1.06. The van der Waals surface area contributed by atoms with Crippen LogP contribution < -0.4 is 11.3 Å². The van der Waals surface area contributed by atoms with E-state index in [4.69, 9.17) is 5.84 Å². The number of rotatable bonds is 1. The number of hydrogen-bond donors (Lipinski definition) is 2. The van der Waals surface area contributed by atoms with Gasteiger partial charge in [0.2, 0.25) is 0 Å². The van der Waals surface area contributed by atoms with Crippen LogP contribution in [0, 0.1) is 13.8 Å². The molecular formula is C9H13ClN2O. The van der Waals surface area contributed by atoms with Gasteiger partial charge < -0.3 is 0 Å². The van der Waals surface area contributed by atoms with Gasteiger partial charge in [-0.25, -0.2) is 5.84 Å². The molecule has 0 saturated carbocycles. The lowest BCUT2D eigenvalue weighted by atomic mass is 10.1. The Kier molecular flexibility index (Phi) is 4.45. The van der Waals surface area contributed by atoms with Gasteiger partial charge in [0.15, 0.2) is 0 Å². The van der Waals surface area contributed by atoms with Gasteiger partial charge in [-0.15, -0.1) is 12.4 Å². The lowest BCUT2D eigenvalue weighted by molar-refractivity contribution is 0.0953. The topological polar surface area (TPSA) is 55.1 Å². The lowest BCUT2D eigenvalue weighted by Crippen LogP contribution is -2.30. The Bertz CT molecular complexity index is 312. The number of nitrogens with one attached hydrogen (secondary N) is 1. The van der Waals surface area contributed by atoms with Gasteiger partial charge in [-0.05, 0) is 25.5 Å². The number of nitrogen functional groups attached to an aromatic ring is 1. The van der Waals surface area contributed by atoms with Gasteiger partial charge in [0, 0.05) is 5.56 Å². The zero-order chi connectivity index (χ0) is 9.14. The third kappa shape index (κ3) is 2.72. The second-order valence-corrected chi connectivity index (χ2v) is 2.79. The maximum absolute atomic E-state index is 11.2. The summed E-state index contributed by atoms with van der Waals surface area (Å²) >= 11 is 0. The van der Waals surface area contributed by atoms with Crippen molar-refractivity contribution in [3.05, 3.63) is 34.9 Å². The molecule has 0 bridgehead atoms. The van der Waals surface area contributed by atoms with E-state index in [1.165, 1.54) is 0 Å². The summed E-state index contributed by atoms with van der Waals surface area (Å²) < 4.78 is 0. The van der Waals surface area contributed by atoms with E-state index in [1.807, 2.05) is 32.0 Å². The second-order valence-electron chi connectivity index (χ2n) is 2.79. The molecule has 0 aliphatic rings. The highest BCUT2D eigenvalue weighted by Gasteiger charge is 2.05. The Morgan fingerprint density at radius 1 is 1.38 bits per heavy atom. The zero-order valence-electron chi connectivity index (χ0n) is 7.63. The molecule has 1 aromatic rings. The van der Waals surface area contributed by atoms with Gasteiger partial charge >= 0.3 is 0 Å². The Morgan fingerprint density at radius 2 is 2.00 bits per heavy atom. The van der Waals surface area contributed by atoms with Gasteiger partial charge in [0.25, 0.3) is 5.91 Å². The molecule has 0 aromatic heterocycles. The summed E-state index contributed by atoms with van der Waals surface area (Å²) in [7, 11) is 0. The Labute approximate surface area is 83.7 Å². The molecule has 0 fully saturated rings. The fraction of sp³-hybridized carbons (Fsp3) is 0.222. The number of carbonyl (C=O) groups is 1. The van der Waals surface area contributed by atoms with E-state index in [9.17, 15) is 4.79 Å². The molecule has 72 valence electrons. The maximum atomic E-state index is 11.2. The molecule has 0 heterocycles. The lowest BCUT2D eigenvalue weighted by Gasteiger charge is -2.04.